The third kappa shape index (κ3) is 18.8. The van der Waals surface area contributed by atoms with E-state index in [2.05, 4.69) is 6.92 Å². The number of phosphoric ester groups is 1. The lowest BCUT2D eigenvalue weighted by Gasteiger charge is -2.28. The first kappa shape index (κ1) is 27.5. The molecule has 0 aromatic carbocycles. The van der Waals surface area contributed by atoms with Gasteiger partial charge in [-0.05, 0) is 6.42 Å². The second kappa shape index (κ2) is 15.4. The molecule has 0 aromatic heterocycles. The third-order valence-corrected chi connectivity index (χ3v) is 4.92. The predicted octanol–water partition coefficient (Wildman–Crippen LogP) is 2.89. The first-order valence-electron chi connectivity index (χ1n) is 10.2. The molecular weight excluding hydrogens is 385 g/mol. The molecule has 2 unspecified atom stereocenters. The van der Waals surface area contributed by atoms with E-state index in [1.165, 1.54) is 39.0 Å². The van der Waals surface area contributed by atoms with Crippen molar-refractivity contribution in [2.24, 2.45) is 0 Å². The van der Waals surface area contributed by atoms with Gasteiger partial charge >= 0.3 is 5.97 Å². The third-order valence-electron chi connectivity index (χ3n) is 3.96. The Balaban J connectivity index is 4.06. The van der Waals surface area contributed by atoms with Crippen molar-refractivity contribution in [1.82, 2.24) is 0 Å². The largest absolute Gasteiger partial charge is 0.756 e. The number of unbranched alkanes of at least 4 members (excludes halogenated alkanes) is 6. The number of hydrogen-bond donors (Lipinski definition) is 0. The molecule has 0 radical (unpaired) electrons. The monoisotopic (exact) mass is 425 g/mol. The van der Waals surface area contributed by atoms with Crippen molar-refractivity contribution in [2.45, 2.75) is 64.9 Å². The summed E-state index contributed by atoms with van der Waals surface area (Å²) in [5, 5.41) is 0. The highest BCUT2D eigenvalue weighted by Gasteiger charge is 2.19. The summed E-state index contributed by atoms with van der Waals surface area (Å²) >= 11 is 0. The Hall–Kier alpha value is -0.500. The summed E-state index contributed by atoms with van der Waals surface area (Å²) < 4.78 is 32.7. The van der Waals surface area contributed by atoms with Crippen LogP contribution in [0.3, 0.4) is 0 Å². The van der Waals surface area contributed by atoms with Crippen molar-refractivity contribution in [3.8, 4) is 0 Å². The van der Waals surface area contributed by atoms with Gasteiger partial charge in [-0.3, -0.25) is 9.36 Å². The second-order valence-corrected chi connectivity index (χ2v) is 9.43. The molecule has 0 saturated heterocycles. The van der Waals surface area contributed by atoms with Crippen molar-refractivity contribution in [1.29, 1.82) is 0 Å². The molecule has 0 aromatic rings. The van der Waals surface area contributed by atoms with E-state index in [1.54, 1.807) is 0 Å². The first-order chi connectivity index (χ1) is 13.1. The lowest BCUT2D eigenvalue weighted by atomic mass is 10.1. The van der Waals surface area contributed by atoms with Gasteiger partial charge in [-0.2, -0.15) is 0 Å². The number of ether oxygens (including phenoxy) is 2. The Morgan fingerprint density at radius 1 is 0.964 bits per heavy atom. The maximum absolute atomic E-state index is 11.8. The minimum atomic E-state index is -4.45. The average molecular weight is 426 g/mol. The average Bonchev–Trinajstić information content (AvgIpc) is 2.56. The smallest absolute Gasteiger partial charge is 0.303 e. The van der Waals surface area contributed by atoms with Crippen LogP contribution in [-0.4, -0.2) is 70.7 Å². The lowest BCUT2D eigenvalue weighted by molar-refractivity contribution is -0.870. The van der Waals surface area contributed by atoms with Crippen molar-refractivity contribution in [2.75, 3.05) is 54.1 Å². The number of hydrogen-bond acceptors (Lipinski definition) is 7. The van der Waals surface area contributed by atoms with Gasteiger partial charge in [0.25, 0.3) is 7.82 Å². The van der Waals surface area contributed by atoms with Gasteiger partial charge in [0.1, 0.15) is 19.3 Å². The number of esters is 1. The molecule has 0 N–H and O–H groups in total. The number of nitrogens with zero attached hydrogens (tertiary/aromatic N) is 1. The molecule has 168 valence electrons. The van der Waals surface area contributed by atoms with Crippen LogP contribution in [0.25, 0.3) is 0 Å². The summed E-state index contributed by atoms with van der Waals surface area (Å²) in [6.07, 6.45) is 7.45. The predicted molar refractivity (Wildman–Crippen MR) is 107 cm³/mol. The molecule has 0 heterocycles. The van der Waals surface area contributed by atoms with E-state index >= 15 is 0 Å². The minimum absolute atomic E-state index is 0.0251. The highest BCUT2D eigenvalue weighted by atomic mass is 31.2. The highest BCUT2D eigenvalue weighted by Crippen LogP contribution is 2.38. The molecule has 0 saturated carbocycles. The van der Waals surface area contributed by atoms with Gasteiger partial charge < -0.3 is 27.9 Å². The van der Waals surface area contributed by atoms with Crippen molar-refractivity contribution >= 4 is 13.8 Å². The van der Waals surface area contributed by atoms with Gasteiger partial charge in [-0.1, -0.05) is 45.4 Å². The summed E-state index contributed by atoms with van der Waals surface area (Å²) in [4.78, 5) is 23.0. The number of rotatable bonds is 18. The van der Waals surface area contributed by atoms with Crippen molar-refractivity contribution in [3.05, 3.63) is 0 Å². The zero-order chi connectivity index (χ0) is 21.5. The summed E-state index contributed by atoms with van der Waals surface area (Å²) in [5.74, 6) is -0.514. The van der Waals surface area contributed by atoms with Crippen LogP contribution in [0.5, 0.6) is 0 Å². The first-order valence-corrected chi connectivity index (χ1v) is 11.7. The fourth-order valence-electron chi connectivity index (χ4n) is 2.37. The van der Waals surface area contributed by atoms with Crippen LogP contribution in [0.2, 0.25) is 0 Å². The van der Waals surface area contributed by atoms with E-state index in [1.807, 2.05) is 21.1 Å². The van der Waals surface area contributed by atoms with E-state index in [9.17, 15) is 14.3 Å². The zero-order valence-electron chi connectivity index (χ0n) is 18.3. The van der Waals surface area contributed by atoms with Gasteiger partial charge in [-0.25, -0.2) is 0 Å². The lowest BCUT2D eigenvalue weighted by Crippen LogP contribution is -2.37. The van der Waals surface area contributed by atoms with E-state index < -0.39 is 19.9 Å². The highest BCUT2D eigenvalue weighted by molar-refractivity contribution is 7.45. The van der Waals surface area contributed by atoms with E-state index in [0.29, 0.717) is 17.6 Å². The Bertz CT molecular complexity index is 454. The fourth-order valence-corrected chi connectivity index (χ4v) is 3.09. The molecule has 28 heavy (non-hydrogen) atoms. The summed E-state index contributed by atoms with van der Waals surface area (Å²) in [5.41, 5.74) is 0. The van der Waals surface area contributed by atoms with Crippen LogP contribution >= 0.6 is 7.82 Å². The summed E-state index contributed by atoms with van der Waals surface area (Å²) in [6, 6.07) is 0. The molecule has 8 nitrogen and oxygen atoms in total. The quantitative estimate of drug-likeness (QED) is 0.144. The number of likely N-dealkylation sites (N-methyl/N-ethyl adjacent to an activating group) is 1. The molecular formula is C19H40NO7P. The van der Waals surface area contributed by atoms with E-state index in [-0.39, 0.29) is 19.8 Å². The van der Waals surface area contributed by atoms with Crippen LogP contribution in [-0.2, 0) is 27.9 Å². The fraction of sp³-hybridized carbons (Fsp3) is 0.947. The maximum atomic E-state index is 11.8. The van der Waals surface area contributed by atoms with Crippen molar-refractivity contribution < 1.29 is 37.3 Å². The number of carbonyl (C=O) groups excluding carboxylic acids is 1. The van der Waals surface area contributed by atoms with Gasteiger partial charge in [0.05, 0.1) is 34.4 Å². The normalized spacial score (nSPS) is 15.2. The maximum Gasteiger partial charge on any atom is 0.303 e. The van der Waals surface area contributed by atoms with E-state index in [0.717, 1.165) is 12.8 Å². The summed E-state index contributed by atoms with van der Waals surface area (Å²) in [7, 11) is 1.34. The molecule has 9 heteroatoms. The molecule has 0 aliphatic carbocycles. The Kier molecular flexibility index (Phi) is 15.1. The number of carbonyl (C=O) groups is 1. The zero-order valence-corrected chi connectivity index (χ0v) is 19.2. The van der Waals surface area contributed by atoms with Gasteiger partial charge in [0.15, 0.2) is 0 Å². The van der Waals surface area contributed by atoms with Crippen LogP contribution in [0, 0.1) is 0 Å². The van der Waals surface area contributed by atoms with Crippen LogP contribution in [0.1, 0.15) is 58.8 Å². The Morgan fingerprint density at radius 2 is 1.57 bits per heavy atom. The molecule has 0 rings (SSSR count). The Labute approximate surface area is 170 Å². The summed E-state index contributed by atoms with van der Waals surface area (Å²) in [6.45, 7) is 4.32. The molecule has 0 aliphatic rings. The molecule has 2 atom stereocenters. The van der Waals surface area contributed by atoms with Gasteiger partial charge in [0, 0.05) is 13.5 Å². The molecule has 0 bridgehead atoms. The standard InChI is InChI=1S/C19H40NO7P/c1-6-7-8-9-10-11-12-14-24-16-19(27-18(2)21)17-26-28(22,23)25-15-13-20(3,4)5/h19H,6-17H2,1-5H3. The van der Waals surface area contributed by atoms with Crippen LogP contribution in [0.15, 0.2) is 0 Å². The Morgan fingerprint density at radius 3 is 2.14 bits per heavy atom. The van der Waals surface area contributed by atoms with Gasteiger partial charge in [0.2, 0.25) is 0 Å². The number of quaternary nitrogens is 1. The molecule has 0 spiro atoms. The van der Waals surface area contributed by atoms with Gasteiger partial charge in [-0.15, -0.1) is 0 Å². The SMILES string of the molecule is CCCCCCCCCOCC(COP(=O)([O-])OCC[N+](C)(C)C)OC(C)=O. The van der Waals surface area contributed by atoms with Crippen molar-refractivity contribution in [3.63, 3.8) is 0 Å². The second-order valence-electron chi connectivity index (χ2n) is 8.02. The molecule has 0 aliphatic heterocycles. The topological polar surface area (TPSA) is 94.1 Å². The van der Waals surface area contributed by atoms with E-state index in [4.69, 9.17) is 18.5 Å². The molecule has 0 amide bonds. The van der Waals surface area contributed by atoms with Crippen LogP contribution in [0.4, 0.5) is 0 Å². The minimum Gasteiger partial charge on any atom is -0.756 e. The molecule has 0 fully saturated rings. The van der Waals surface area contributed by atoms with Crippen LogP contribution < -0.4 is 4.89 Å². The number of phosphoric acid groups is 1.